The third-order valence-electron chi connectivity index (χ3n) is 5.98. The Labute approximate surface area is 143 Å². The second kappa shape index (κ2) is 6.37. The minimum absolute atomic E-state index is 0.109. The van der Waals surface area contributed by atoms with Crippen LogP contribution in [0.2, 0.25) is 0 Å². The normalized spacial score (nSPS) is 29.9. The Kier molecular flexibility index (Phi) is 4.22. The first kappa shape index (κ1) is 15.9. The molecule has 5 nitrogen and oxygen atoms in total. The molecule has 0 saturated carbocycles. The number of carbonyl (C=O) groups excluding carboxylic acids is 1. The summed E-state index contributed by atoms with van der Waals surface area (Å²) in [6, 6.07) is 6.05. The average molecular weight is 329 g/mol. The highest BCUT2D eigenvalue weighted by Gasteiger charge is 2.44. The van der Waals surface area contributed by atoms with Gasteiger partial charge in [0.05, 0.1) is 17.4 Å². The van der Waals surface area contributed by atoms with E-state index in [9.17, 15) is 9.90 Å². The van der Waals surface area contributed by atoms with Crippen molar-refractivity contribution in [1.29, 1.82) is 0 Å². The summed E-state index contributed by atoms with van der Waals surface area (Å²) in [5.74, 6) is 0.109. The predicted molar refractivity (Wildman–Crippen MR) is 94.3 cm³/mol. The maximum Gasteiger partial charge on any atom is 0.255 e. The lowest BCUT2D eigenvalue weighted by Gasteiger charge is -2.48. The first-order chi connectivity index (χ1) is 11.7. The van der Waals surface area contributed by atoms with E-state index < -0.39 is 0 Å². The summed E-state index contributed by atoms with van der Waals surface area (Å²) in [6.07, 6.45) is 4.59. The maximum atomic E-state index is 13.2. The van der Waals surface area contributed by atoms with Crippen molar-refractivity contribution in [3.8, 4) is 0 Å². The third kappa shape index (κ3) is 2.70. The number of likely N-dealkylation sites (tertiary alicyclic amines) is 1. The molecule has 0 aliphatic carbocycles. The molecule has 3 heterocycles. The van der Waals surface area contributed by atoms with Gasteiger partial charge in [0.2, 0.25) is 0 Å². The van der Waals surface area contributed by atoms with Gasteiger partial charge in [-0.2, -0.15) is 0 Å². The van der Waals surface area contributed by atoms with Crippen LogP contribution in [-0.4, -0.2) is 54.7 Å². The van der Waals surface area contributed by atoms with Crippen molar-refractivity contribution in [1.82, 2.24) is 10.2 Å². The van der Waals surface area contributed by atoms with Crippen LogP contribution in [0.4, 0.5) is 5.69 Å². The lowest BCUT2D eigenvalue weighted by atomic mass is 9.72. The highest BCUT2D eigenvalue weighted by atomic mass is 16.3. The maximum absolute atomic E-state index is 13.2. The first-order valence-electron chi connectivity index (χ1n) is 9.23. The molecule has 2 fully saturated rings. The van der Waals surface area contributed by atoms with Crippen molar-refractivity contribution in [2.75, 3.05) is 38.0 Å². The molecule has 0 bridgehead atoms. The van der Waals surface area contributed by atoms with E-state index in [1.54, 1.807) is 0 Å². The number of fused-ring (bicyclic) bond motifs is 1. The van der Waals surface area contributed by atoms with Crippen molar-refractivity contribution in [2.45, 2.75) is 38.2 Å². The number of nitrogens with zero attached hydrogens (tertiary/aromatic N) is 1. The molecule has 1 amide bonds. The zero-order chi connectivity index (χ0) is 16.6. The van der Waals surface area contributed by atoms with Crippen LogP contribution in [0, 0.1) is 5.41 Å². The summed E-state index contributed by atoms with van der Waals surface area (Å²) in [5, 5.41) is 17.4. The molecule has 4 rings (SSSR count). The van der Waals surface area contributed by atoms with Crippen LogP contribution in [0.25, 0.3) is 0 Å². The second-order valence-corrected chi connectivity index (χ2v) is 7.54. The van der Waals surface area contributed by atoms with Gasteiger partial charge in [-0.25, -0.2) is 0 Å². The fraction of sp³-hybridized carbons (Fsp3) is 0.632. The molecule has 0 unspecified atom stereocenters. The van der Waals surface area contributed by atoms with Crippen molar-refractivity contribution in [2.24, 2.45) is 5.41 Å². The summed E-state index contributed by atoms with van der Waals surface area (Å²) in [6.45, 7) is 4.06. The van der Waals surface area contributed by atoms with Crippen LogP contribution in [0.5, 0.6) is 0 Å². The third-order valence-corrected chi connectivity index (χ3v) is 5.98. The Bertz CT molecular complexity index is 629. The highest BCUT2D eigenvalue weighted by molar-refractivity contribution is 6.00. The van der Waals surface area contributed by atoms with Crippen LogP contribution < -0.4 is 10.6 Å². The molecule has 1 spiro atoms. The van der Waals surface area contributed by atoms with E-state index in [1.807, 2.05) is 17.0 Å². The number of piperidine rings is 2. The van der Waals surface area contributed by atoms with Gasteiger partial charge >= 0.3 is 0 Å². The smallest absolute Gasteiger partial charge is 0.255 e. The molecule has 3 aliphatic rings. The van der Waals surface area contributed by atoms with Crippen LogP contribution in [-0.2, 0) is 6.42 Å². The number of aliphatic hydroxyl groups is 1. The van der Waals surface area contributed by atoms with E-state index in [1.165, 1.54) is 5.56 Å². The Morgan fingerprint density at radius 3 is 3.08 bits per heavy atom. The molecule has 0 aromatic heterocycles. The number of aryl methyl sites for hydroxylation is 1. The number of amides is 1. The van der Waals surface area contributed by atoms with Crippen molar-refractivity contribution >= 4 is 11.6 Å². The van der Waals surface area contributed by atoms with E-state index in [0.29, 0.717) is 6.54 Å². The highest BCUT2D eigenvalue weighted by Crippen LogP contribution is 2.37. The number of carbonyl (C=O) groups is 1. The van der Waals surface area contributed by atoms with Gasteiger partial charge < -0.3 is 20.6 Å². The average Bonchev–Trinajstić information content (AvgIpc) is 2.63. The van der Waals surface area contributed by atoms with Gasteiger partial charge in [0, 0.05) is 31.6 Å². The topological polar surface area (TPSA) is 64.6 Å². The zero-order valence-electron chi connectivity index (χ0n) is 14.2. The molecule has 3 aliphatic heterocycles. The van der Waals surface area contributed by atoms with Crippen LogP contribution in [0.1, 0.15) is 41.6 Å². The summed E-state index contributed by atoms with van der Waals surface area (Å²) in [7, 11) is 0. The molecular formula is C19H27N3O2. The van der Waals surface area contributed by atoms with Crippen LogP contribution in [0.3, 0.4) is 0 Å². The minimum atomic E-state index is -0.308. The van der Waals surface area contributed by atoms with Gasteiger partial charge in [0.15, 0.2) is 0 Å². The van der Waals surface area contributed by atoms with Crippen LogP contribution in [0.15, 0.2) is 18.2 Å². The van der Waals surface area contributed by atoms with Crippen LogP contribution >= 0.6 is 0 Å². The summed E-state index contributed by atoms with van der Waals surface area (Å²) < 4.78 is 0. The van der Waals surface area contributed by atoms with Crippen molar-refractivity contribution < 1.29 is 9.90 Å². The van der Waals surface area contributed by atoms with E-state index in [4.69, 9.17) is 0 Å². The molecule has 2 atom stereocenters. The number of para-hydroxylation sites is 1. The Balaban J connectivity index is 1.58. The number of nitrogens with one attached hydrogen (secondary N) is 2. The van der Waals surface area contributed by atoms with Gasteiger partial charge in [-0.15, -0.1) is 0 Å². The quantitative estimate of drug-likeness (QED) is 0.733. The van der Waals surface area contributed by atoms with Gasteiger partial charge in [-0.1, -0.05) is 12.1 Å². The molecule has 3 N–H and O–H groups in total. The minimum Gasteiger partial charge on any atom is -0.392 e. The second-order valence-electron chi connectivity index (χ2n) is 7.54. The Morgan fingerprint density at radius 1 is 1.29 bits per heavy atom. The molecule has 1 aromatic carbocycles. The molecular weight excluding hydrogens is 302 g/mol. The van der Waals surface area contributed by atoms with Crippen molar-refractivity contribution in [3.63, 3.8) is 0 Å². The Morgan fingerprint density at radius 2 is 2.21 bits per heavy atom. The molecule has 0 radical (unpaired) electrons. The van der Waals surface area contributed by atoms with E-state index in [-0.39, 0.29) is 17.4 Å². The molecule has 1 aromatic rings. The van der Waals surface area contributed by atoms with Gasteiger partial charge in [-0.3, -0.25) is 4.79 Å². The molecule has 24 heavy (non-hydrogen) atoms. The monoisotopic (exact) mass is 329 g/mol. The fourth-order valence-corrected chi connectivity index (χ4v) is 4.61. The first-order valence-corrected chi connectivity index (χ1v) is 9.23. The summed E-state index contributed by atoms with van der Waals surface area (Å²) in [5.41, 5.74) is 2.89. The number of anilines is 1. The SMILES string of the molecule is O=C(c1cccc2c1NCCC2)N1CCC[C@]2(CNCC[C@@H]2O)C1. The van der Waals surface area contributed by atoms with E-state index in [2.05, 4.69) is 16.7 Å². The summed E-state index contributed by atoms with van der Waals surface area (Å²) in [4.78, 5) is 15.2. The van der Waals surface area contributed by atoms with E-state index in [0.717, 1.165) is 69.5 Å². The summed E-state index contributed by atoms with van der Waals surface area (Å²) >= 11 is 0. The number of aliphatic hydroxyl groups excluding tert-OH is 1. The van der Waals surface area contributed by atoms with Crippen molar-refractivity contribution in [3.05, 3.63) is 29.3 Å². The number of hydrogen-bond acceptors (Lipinski definition) is 4. The largest absolute Gasteiger partial charge is 0.392 e. The molecule has 130 valence electrons. The van der Waals surface area contributed by atoms with Gasteiger partial charge in [-0.05, 0) is 50.3 Å². The van der Waals surface area contributed by atoms with Gasteiger partial charge in [0.1, 0.15) is 0 Å². The number of benzene rings is 1. The standard InChI is InChI=1S/C19H27N3O2/c23-16-7-10-20-12-19(16)8-3-11-22(13-19)18(24)15-6-1-4-14-5-2-9-21-17(14)15/h1,4,6,16,20-21,23H,2-3,5,7-13H2/t16-,19-/m0/s1. The number of rotatable bonds is 1. The fourth-order valence-electron chi connectivity index (χ4n) is 4.61. The molecule has 5 heteroatoms. The predicted octanol–water partition coefficient (Wildman–Crippen LogP) is 1.62. The zero-order valence-corrected chi connectivity index (χ0v) is 14.2. The molecule has 2 saturated heterocycles. The Hall–Kier alpha value is -1.59. The number of hydrogen-bond donors (Lipinski definition) is 3. The lowest BCUT2D eigenvalue weighted by Crippen LogP contribution is -2.58. The van der Waals surface area contributed by atoms with E-state index >= 15 is 0 Å². The van der Waals surface area contributed by atoms with Gasteiger partial charge in [0.25, 0.3) is 5.91 Å². The lowest BCUT2D eigenvalue weighted by molar-refractivity contribution is -0.0432.